The van der Waals surface area contributed by atoms with Gasteiger partial charge in [-0.3, -0.25) is 0 Å². The molecule has 6 nitrogen and oxygen atoms in total. The lowest BCUT2D eigenvalue weighted by molar-refractivity contribution is 0.00563. The smallest absolute Gasteiger partial charge is 0.305 e. The summed E-state index contributed by atoms with van der Waals surface area (Å²) in [5, 5.41) is 11.0. The quantitative estimate of drug-likeness (QED) is 0.630. The lowest BCUT2D eigenvalue weighted by Crippen LogP contribution is -2.14. The molecule has 0 aromatic carbocycles. The third kappa shape index (κ3) is 3.28. The number of hydrogen-bond acceptors (Lipinski definition) is 5. The Bertz CT molecular complexity index is 1020. The summed E-state index contributed by atoms with van der Waals surface area (Å²) in [6.07, 6.45) is 0.922. The van der Waals surface area contributed by atoms with Gasteiger partial charge in [0.15, 0.2) is 11.5 Å². The Morgan fingerprint density at radius 1 is 1.30 bits per heavy atom. The van der Waals surface area contributed by atoms with Gasteiger partial charge >= 0.3 is 5.92 Å². The second-order valence-electron chi connectivity index (χ2n) is 6.38. The molecule has 0 spiro atoms. The van der Waals surface area contributed by atoms with Crippen molar-refractivity contribution >= 4 is 5.65 Å². The minimum Gasteiger partial charge on any atom is -0.475 e. The van der Waals surface area contributed by atoms with Crippen molar-refractivity contribution in [1.29, 1.82) is 0 Å². The number of fused-ring (bicyclic) bond motifs is 1. The van der Waals surface area contributed by atoms with Crippen LogP contribution < -0.4 is 4.74 Å². The summed E-state index contributed by atoms with van der Waals surface area (Å²) in [5.74, 6) is -8.91. The third-order valence-electron chi connectivity index (χ3n) is 4.14. The summed E-state index contributed by atoms with van der Waals surface area (Å²) in [7, 11) is 0. The van der Waals surface area contributed by atoms with Crippen molar-refractivity contribution in [2.75, 3.05) is 6.61 Å². The number of hydrogen-bond donors (Lipinski definition) is 0. The summed E-state index contributed by atoms with van der Waals surface area (Å²) in [6.45, 7) is 0.324. The monoisotopic (exact) mass is 385 g/mol. The van der Waals surface area contributed by atoms with Crippen molar-refractivity contribution in [3.8, 4) is 17.1 Å². The molecule has 1 atom stereocenters. The van der Waals surface area contributed by atoms with Crippen LogP contribution >= 0.6 is 0 Å². The zero-order valence-corrected chi connectivity index (χ0v) is 13.8. The van der Waals surface area contributed by atoms with Crippen LogP contribution in [0.25, 0.3) is 16.9 Å². The first-order valence-electron chi connectivity index (χ1n) is 7.92. The van der Waals surface area contributed by atoms with Crippen LogP contribution in [0.2, 0.25) is 0 Å². The molecule has 1 aliphatic carbocycles. The molecular weight excluding hydrogens is 373 g/mol. The van der Waals surface area contributed by atoms with E-state index < -0.39 is 35.3 Å². The maximum absolute atomic E-state index is 14.2. The van der Waals surface area contributed by atoms with Gasteiger partial charge in [-0.2, -0.15) is 18.4 Å². The maximum Gasteiger partial charge on any atom is 0.305 e. The van der Waals surface area contributed by atoms with E-state index >= 15 is 0 Å². The molecule has 1 saturated carbocycles. The van der Waals surface area contributed by atoms with Gasteiger partial charge in [0.05, 0.1) is 18.2 Å². The van der Waals surface area contributed by atoms with Gasteiger partial charge in [-0.05, 0) is 18.2 Å². The number of alkyl halides is 4. The van der Waals surface area contributed by atoms with Gasteiger partial charge in [-0.1, -0.05) is 0 Å². The SMILES string of the molecule is CC(F)(F)c1nnc2ccc(-c3cnc(OCC4CC4(F)F)c(F)c3)nn12. The van der Waals surface area contributed by atoms with Gasteiger partial charge in [0.2, 0.25) is 11.7 Å². The average Bonchev–Trinajstić information content (AvgIpc) is 3.01. The molecule has 27 heavy (non-hydrogen) atoms. The van der Waals surface area contributed by atoms with Gasteiger partial charge in [-0.25, -0.2) is 18.2 Å². The molecule has 3 aromatic rings. The fraction of sp³-hybridized carbons (Fsp3) is 0.375. The standard InChI is InChI=1S/C16H12F5N5O/c1-15(18,19)14-24-23-12-3-2-11(25-26(12)14)8-4-10(17)13(22-6-8)27-7-9-5-16(9,20)21/h2-4,6,9H,5,7H2,1H3. The fourth-order valence-electron chi connectivity index (χ4n) is 2.52. The van der Waals surface area contributed by atoms with E-state index in [0.29, 0.717) is 6.92 Å². The van der Waals surface area contributed by atoms with Crippen molar-refractivity contribution in [2.24, 2.45) is 5.92 Å². The maximum atomic E-state index is 14.2. The molecule has 0 radical (unpaired) electrons. The summed E-state index contributed by atoms with van der Waals surface area (Å²) < 4.78 is 72.8. The van der Waals surface area contributed by atoms with Gasteiger partial charge < -0.3 is 4.74 Å². The molecule has 0 bridgehead atoms. The Hall–Kier alpha value is -2.85. The van der Waals surface area contributed by atoms with Gasteiger partial charge in [-0.15, -0.1) is 10.2 Å². The van der Waals surface area contributed by atoms with Gasteiger partial charge in [0.1, 0.15) is 0 Å². The molecule has 1 aliphatic rings. The zero-order valence-electron chi connectivity index (χ0n) is 13.8. The van der Waals surface area contributed by atoms with Crippen LogP contribution in [-0.4, -0.2) is 37.3 Å². The van der Waals surface area contributed by atoms with Crippen LogP contribution in [-0.2, 0) is 5.92 Å². The third-order valence-corrected chi connectivity index (χ3v) is 4.14. The second-order valence-corrected chi connectivity index (χ2v) is 6.38. The highest BCUT2D eigenvalue weighted by Gasteiger charge is 2.57. The van der Waals surface area contributed by atoms with Crippen LogP contribution in [0.3, 0.4) is 0 Å². The summed E-state index contributed by atoms with van der Waals surface area (Å²) in [6, 6.07) is 3.89. The highest BCUT2D eigenvalue weighted by Crippen LogP contribution is 2.48. The van der Waals surface area contributed by atoms with Gasteiger partial charge in [0, 0.05) is 25.1 Å². The van der Waals surface area contributed by atoms with Crippen LogP contribution in [0, 0.1) is 11.7 Å². The molecule has 0 aliphatic heterocycles. The zero-order chi connectivity index (χ0) is 19.4. The minimum atomic E-state index is -3.27. The van der Waals surface area contributed by atoms with Crippen LogP contribution in [0.4, 0.5) is 22.0 Å². The van der Waals surface area contributed by atoms with Crippen LogP contribution in [0.1, 0.15) is 19.2 Å². The topological polar surface area (TPSA) is 65.2 Å². The molecule has 1 fully saturated rings. The molecule has 1 unspecified atom stereocenters. The van der Waals surface area contributed by atoms with E-state index in [1.54, 1.807) is 0 Å². The molecule has 0 N–H and O–H groups in total. The fourth-order valence-corrected chi connectivity index (χ4v) is 2.52. The molecule has 142 valence electrons. The minimum absolute atomic E-state index is 0.106. The molecule has 0 amide bonds. The van der Waals surface area contributed by atoms with Crippen molar-refractivity contribution in [2.45, 2.75) is 25.2 Å². The largest absolute Gasteiger partial charge is 0.475 e. The highest BCUT2D eigenvalue weighted by atomic mass is 19.3. The predicted octanol–water partition coefficient (Wildman–Crippen LogP) is 3.47. The average molecular weight is 385 g/mol. The Morgan fingerprint density at radius 3 is 2.67 bits per heavy atom. The summed E-state index contributed by atoms with van der Waals surface area (Å²) in [5.41, 5.74) is 0.450. The Balaban J connectivity index is 1.60. The number of nitrogens with zero attached hydrogens (tertiary/aromatic N) is 5. The Labute approximate surface area is 149 Å². The first kappa shape index (κ1) is 17.6. The van der Waals surface area contributed by atoms with Crippen LogP contribution in [0.5, 0.6) is 5.88 Å². The highest BCUT2D eigenvalue weighted by molar-refractivity contribution is 5.59. The van der Waals surface area contributed by atoms with Gasteiger partial charge in [0.25, 0.3) is 5.92 Å². The molecule has 11 heteroatoms. The number of rotatable bonds is 5. The summed E-state index contributed by atoms with van der Waals surface area (Å²) in [4.78, 5) is 3.77. The van der Waals surface area contributed by atoms with E-state index in [-0.39, 0.29) is 29.9 Å². The normalized spacial score (nSPS) is 18.7. The molecule has 4 rings (SSSR count). The first-order valence-corrected chi connectivity index (χ1v) is 7.92. The van der Waals surface area contributed by atoms with E-state index in [9.17, 15) is 22.0 Å². The van der Waals surface area contributed by atoms with E-state index in [2.05, 4.69) is 20.3 Å². The molecule has 3 heterocycles. The number of pyridine rings is 1. The first-order chi connectivity index (χ1) is 12.6. The van der Waals surface area contributed by atoms with E-state index in [1.807, 2.05) is 0 Å². The lowest BCUT2D eigenvalue weighted by atomic mass is 10.2. The molecule has 3 aromatic heterocycles. The Morgan fingerprint density at radius 2 is 2.04 bits per heavy atom. The number of aromatic nitrogens is 5. The number of ether oxygens (including phenoxy) is 1. The second kappa shape index (κ2) is 5.83. The predicted molar refractivity (Wildman–Crippen MR) is 82.1 cm³/mol. The lowest BCUT2D eigenvalue weighted by Gasteiger charge is -2.09. The number of halogens is 5. The van der Waals surface area contributed by atoms with Crippen molar-refractivity contribution < 1.29 is 26.7 Å². The molecular formula is C16H12F5N5O. The molecule has 0 saturated heterocycles. The Kier molecular flexibility index (Phi) is 3.79. The van der Waals surface area contributed by atoms with Crippen molar-refractivity contribution in [1.82, 2.24) is 24.8 Å². The van der Waals surface area contributed by atoms with E-state index in [4.69, 9.17) is 4.74 Å². The van der Waals surface area contributed by atoms with E-state index in [1.165, 1.54) is 18.3 Å². The van der Waals surface area contributed by atoms with Crippen molar-refractivity contribution in [3.05, 3.63) is 36.0 Å². The van der Waals surface area contributed by atoms with E-state index in [0.717, 1.165) is 10.6 Å². The van der Waals surface area contributed by atoms with Crippen molar-refractivity contribution in [3.63, 3.8) is 0 Å². The summed E-state index contributed by atoms with van der Waals surface area (Å²) >= 11 is 0. The van der Waals surface area contributed by atoms with Crippen LogP contribution in [0.15, 0.2) is 24.4 Å².